The third kappa shape index (κ3) is 2.51. The van der Waals surface area contributed by atoms with Crippen LogP contribution in [-0.4, -0.2) is 12.2 Å². The molecule has 0 aliphatic carbocycles. The van der Waals surface area contributed by atoms with Crippen LogP contribution in [0.3, 0.4) is 0 Å². The molecule has 0 saturated carbocycles. The van der Waals surface area contributed by atoms with Crippen molar-refractivity contribution in [2.45, 2.75) is 39.7 Å². The lowest BCUT2D eigenvalue weighted by atomic mass is 9.95. The molecule has 0 aromatic heterocycles. The van der Waals surface area contributed by atoms with Gasteiger partial charge in [-0.3, -0.25) is 0 Å². The molecule has 2 heteroatoms. The van der Waals surface area contributed by atoms with Gasteiger partial charge in [-0.1, -0.05) is 20.8 Å². The van der Waals surface area contributed by atoms with E-state index in [0.29, 0.717) is 5.92 Å². The van der Waals surface area contributed by atoms with Gasteiger partial charge in [-0.15, -0.1) is 0 Å². The predicted molar refractivity (Wildman–Crippen MR) is 62.4 cm³/mol. The summed E-state index contributed by atoms with van der Waals surface area (Å²) in [6.07, 6.45) is 0.927. The molecule has 0 spiro atoms. The second-order valence-corrected chi connectivity index (χ2v) is 4.04. The lowest BCUT2D eigenvalue weighted by Gasteiger charge is -2.17. The highest BCUT2D eigenvalue weighted by Crippen LogP contribution is 2.31. The van der Waals surface area contributed by atoms with Gasteiger partial charge in [0.2, 0.25) is 0 Å². The van der Waals surface area contributed by atoms with Crippen molar-refractivity contribution in [2.75, 3.05) is 7.11 Å². The largest absolute Gasteiger partial charge is 0.496 e. The summed E-state index contributed by atoms with van der Waals surface area (Å²) in [4.78, 5) is 0. The van der Waals surface area contributed by atoms with Gasteiger partial charge in [0.05, 0.1) is 13.7 Å². The maximum atomic E-state index is 9.19. The smallest absolute Gasteiger partial charge is 0.125 e. The zero-order valence-electron chi connectivity index (χ0n) is 10.0. The molecule has 0 aliphatic heterocycles. The Morgan fingerprint density at radius 3 is 2.40 bits per heavy atom. The second-order valence-electron chi connectivity index (χ2n) is 4.04. The van der Waals surface area contributed by atoms with E-state index in [1.165, 1.54) is 11.1 Å². The van der Waals surface area contributed by atoms with Crippen LogP contribution < -0.4 is 4.74 Å². The molecular weight excluding hydrogens is 188 g/mol. The van der Waals surface area contributed by atoms with E-state index < -0.39 is 0 Å². The molecule has 1 N–H and O–H groups in total. The van der Waals surface area contributed by atoms with Crippen molar-refractivity contribution in [1.82, 2.24) is 0 Å². The molecule has 0 aliphatic rings. The first kappa shape index (κ1) is 12.1. The number of aliphatic hydroxyl groups is 1. The number of methoxy groups -OCH3 is 1. The fourth-order valence-corrected chi connectivity index (χ4v) is 1.81. The molecule has 0 atom stereocenters. The van der Waals surface area contributed by atoms with Crippen LogP contribution in [-0.2, 0) is 13.0 Å². The van der Waals surface area contributed by atoms with Crippen molar-refractivity contribution in [3.8, 4) is 5.75 Å². The molecule has 1 aromatic carbocycles. The van der Waals surface area contributed by atoms with E-state index in [1.807, 2.05) is 12.1 Å². The van der Waals surface area contributed by atoms with E-state index in [-0.39, 0.29) is 6.61 Å². The predicted octanol–water partition coefficient (Wildman–Crippen LogP) is 2.87. The maximum absolute atomic E-state index is 9.19. The molecule has 0 radical (unpaired) electrons. The Labute approximate surface area is 91.9 Å². The van der Waals surface area contributed by atoms with Crippen LogP contribution >= 0.6 is 0 Å². The molecule has 1 aromatic rings. The van der Waals surface area contributed by atoms with Crippen molar-refractivity contribution in [3.63, 3.8) is 0 Å². The van der Waals surface area contributed by atoms with E-state index in [4.69, 9.17) is 4.74 Å². The van der Waals surface area contributed by atoms with Crippen molar-refractivity contribution in [3.05, 3.63) is 28.8 Å². The number of aryl methyl sites for hydroxylation is 1. The van der Waals surface area contributed by atoms with E-state index in [0.717, 1.165) is 17.7 Å². The summed E-state index contributed by atoms with van der Waals surface area (Å²) < 4.78 is 5.45. The van der Waals surface area contributed by atoms with E-state index in [1.54, 1.807) is 7.11 Å². The normalized spacial score (nSPS) is 10.8. The van der Waals surface area contributed by atoms with E-state index in [9.17, 15) is 5.11 Å². The average Bonchev–Trinajstić information content (AvgIpc) is 2.26. The van der Waals surface area contributed by atoms with Gasteiger partial charge in [0.15, 0.2) is 0 Å². The van der Waals surface area contributed by atoms with Gasteiger partial charge < -0.3 is 9.84 Å². The van der Waals surface area contributed by atoms with Crippen LogP contribution in [0, 0.1) is 0 Å². The first-order chi connectivity index (χ1) is 7.13. The standard InChI is InChI=1S/C13H20O2/c1-5-11-6-10(8-14)7-12(9(2)3)13(11)15-4/h6-7,9,14H,5,8H2,1-4H3. The van der Waals surface area contributed by atoms with Gasteiger partial charge in [-0.2, -0.15) is 0 Å². The summed E-state index contributed by atoms with van der Waals surface area (Å²) in [5.41, 5.74) is 3.32. The lowest BCUT2D eigenvalue weighted by Crippen LogP contribution is -2.01. The molecule has 0 amide bonds. The molecule has 0 heterocycles. The minimum absolute atomic E-state index is 0.0940. The molecule has 0 saturated heterocycles. The van der Waals surface area contributed by atoms with Crippen LogP contribution in [0.2, 0.25) is 0 Å². The Hall–Kier alpha value is -1.02. The van der Waals surface area contributed by atoms with Crippen LogP contribution in [0.4, 0.5) is 0 Å². The SMILES string of the molecule is CCc1cc(CO)cc(C(C)C)c1OC. The highest BCUT2D eigenvalue weighted by molar-refractivity contribution is 5.46. The summed E-state index contributed by atoms with van der Waals surface area (Å²) in [5, 5.41) is 9.19. The minimum Gasteiger partial charge on any atom is -0.496 e. The van der Waals surface area contributed by atoms with Crippen molar-refractivity contribution in [2.24, 2.45) is 0 Å². The third-order valence-electron chi connectivity index (χ3n) is 2.64. The van der Waals surface area contributed by atoms with Crippen LogP contribution in [0.15, 0.2) is 12.1 Å². The second kappa shape index (κ2) is 5.17. The molecule has 0 fully saturated rings. The Balaban J connectivity index is 3.32. The number of benzene rings is 1. The number of hydrogen-bond acceptors (Lipinski definition) is 2. The highest BCUT2D eigenvalue weighted by atomic mass is 16.5. The van der Waals surface area contributed by atoms with Gasteiger partial charge in [0, 0.05) is 0 Å². The monoisotopic (exact) mass is 208 g/mol. The van der Waals surface area contributed by atoms with E-state index in [2.05, 4.69) is 20.8 Å². The summed E-state index contributed by atoms with van der Waals surface area (Å²) in [5.74, 6) is 1.39. The first-order valence-corrected chi connectivity index (χ1v) is 5.44. The number of ether oxygens (including phenoxy) is 1. The van der Waals surface area contributed by atoms with Crippen LogP contribution in [0.25, 0.3) is 0 Å². The Morgan fingerprint density at radius 1 is 1.33 bits per heavy atom. The number of aliphatic hydroxyl groups excluding tert-OH is 1. The van der Waals surface area contributed by atoms with Gasteiger partial charge in [0.25, 0.3) is 0 Å². The van der Waals surface area contributed by atoms with E-state index >= 15 is 0 Å². The molecular formula is C13H20O2. The van der Waals surface area contributed by atoms with Crippen molar-refractivity contribution >= 4 is 0 Å². The van der Waals surface area contributed by atoms with Crippen LogP contribution in [0.1, 0.15) is 43.4 Å². The van der Waals surface area contributed by atoms with Gasteiger partial charge in [-0.25, -0.2) is 0 Å². The third-order valence-corrected chi connectivity index (χ3v) is 2.64. The quantitative estimate of drug-likeness (QED) is 0.824. The number of hydrogen-bond donors (Lipinski definition) is 1. The van der Waals surface area contributed by atoms with Gasteiger partial charge in [-0.05, 0) is 41.2 Å². The average molecular weight is 208 g/mol. The first-order valence-electron chi connectivity index (χ1n) is 5.44. The van der Waals surface area contributed by atoms with Gasteiger partial charge >= 0.3 is 0 Å². The lowest BCUT2D eigenvalue weighted by molar-refractivity contribution is 0.281. The molecule has 0 unspecified atom stereocenters. The Morgan fingerprint density at radius 2 is 2.00 bits per heavy atom. The molecule has 15 heavy (non-hydrogen) atoms. The van der Waals surface area contributed by atoms with Crippen LogP contribution in [0.5, 0.6) is 5.75 Å². The fourth-order valence-electron chi connectivity index (χ4n) is 1.81. The molecule has 1 rings (SSSR count). The maximum Gasteiger partial charge on any atom is 0.125 e. The Bertz CT molecular complexity index is 330. The Kier molecular flexibility index (Phi) is 4.15. The molecule has 84 valence electrons. The molecule has 2 nitrogen and oxygen atoms in total. The zero-order valence-corrected chi connectivity index (χ0v) is 10.0. The summed E-state index contributed by atoms with van der Waals surface area (Å²) in [7, 11) is 1.71. The zero-order chi connectivity index (χ0) is 11.4. The van der Waals surface area contributed by atoms with Crippen molar-refractivity contribution in [1.29, 1.82) is 0 Å². The summed E-state index contributed by atoms with van der Waals surface area (Å²) in [6.45, 7) is 6.47. The van der Waals surface area contributed by atoms with Crippen molar-refractivity contribution < 1.29 is 9.84 Å². The number of rotatable bonds is 4. The topological polar surface area (TPSA) is 29.5 Å². The fraction of sp³-hybridized carbons (Fsp3) is 0.538. The summed E-state index contributed by atoms with van der Waals surface area (Å²) >= 11 is 0. The highest BCUT2D eigenvalue weighted by Gasteiger charge is 2.12. The molecule has 0 bridgehead atoms. The summed E-state index contributed by atoms with van der Waals surface area (Å²) in [6, 6.07) is 4.05. The minimum atomic E-state index is 0.0940. The van der Waals surface area contributed by atoms with Gasteiger partial charge in [0.1, 0.15) is 5.75 Å².